The number of carbonyl (C=O) groups excluding carboxylic acids is 3. The Balaban J connectivity index is 1.16. The van der Waals surface area contributed by atoms with E-state index in [1.807, 2.05) is 13.0 Å². The molecule has 3 aromatic rings. The largest absolute Gasteiger partial charge is 0.480 e. The number of ether oxygens (including phenoxy) is 4. The lowest BCUT2D eigenvalue weighted by Crippen LogP contribution is -2.48. The number of piperidine rings is 2. The van der Waals surface area contributed by atoms with Crippen LogP contribution < -0.4 is 10.3 Å². The van der Waals surface area contributed by atoms with E-state index in [9.17, 15) is 24.0 Å². The fraction of sp³-hybridized carbons (Fsp3) is 0.514. The number of carboxylic acid groups (broad SMARTS) is 1. The molecule has 1 aromatic carbocycles. The van der Waals surface area contributed by atoms with Gasteiger partial charge in [-0.2, -0.15) is 0 Å². The second-order valence-corrected chi connectivity index (χ2v) is 13.6. The van der Waals surface area contributed by atoms with Crippen LogP contribution in [0.25, 0.3) is 22.3 Å². The number of fused-ring (bicyclic) bond motifs is 5. The molecule has 1 amide bonds. The molecule has 0 spiro atoms. The Hall–Kier alpha value is -4.82. The average molecular weight is 703 g/mol. The molecule has 6 heterocycles. The zero-order valence-electron chi connectivity index (χ0n) is 28.9. The minimum absolute atomic E-state index is 0.0391. The van der Waals surface area contributed by atoms with Gasteiger partial charge in [-0.25, -0.2) is 24.2 Å². The van der Waals surface area contributed by atoms with E-state index in [1.54, 1.807) is 34.6 Å². The zero-order chi connectivity index (χ0) is 35.9. The summed E-state index contributed by atoms with van der Waals surface area (Å²) < 4.78 is 23.4. The molecule has 14 heteroatoms. The first-order valence-corrected chi connectivity index (χ1v) is 17.8. The van der Waals surface area contributed by atoms with Crippen molar-refractivity contribution in [3.8, 4) is 17.1 Å². The lowest BCUT2D eigenvalue weighted by Gasteiger charge is -2.39. The summed E-state index contributed by atoms with van der Waals surface area (Å²) in [5, 5.41) is 9.66. The molecule has 2 aromatic heterocycles. The lowest BCUT2D eigenvalue weighted by molar-refractivity contribution is -0.192. The van der Waals surface area contributed by atoms with Crippen molar-refractivity contribution < 1.29 is 43.2 Å². The van der Waals surface area contributed by atoms with E-state index < -0.39 is 42.3 Å². The molecule has 4 aliphatic rings. The van der Waals surface area contributed by atoms with Gasteiger partial charge < -0.3 is 38.4 Å². The predicted molar refractivity (Wildman–Crippen MR) is 182 cm³/mol. The number of rotatable bonds is 9. The highest BCUT2D eigenvalue weighted by Gasteiger charge is 2.50. The van der Waals surface area contributed by atoms with Crippen molar-refractivity contribution in [1.29, 1.82) is 0 Å². The number of hydrogen-bond donors (Lipinski definition) is 1. The van der Waals surface area contributed by atoms with Gasteiger partial charge in [0.2, 0.25) is 5.60 Å². The molecule has 0 aliphatic carbocycles. The number of carboxylic acids is 1. The molecule has 0 radical (unpaired) electrons. The third-order valence-corrected chi connectivity index (χ3v) is 10.7. The number of cyclic esters (lactones) is 1. The van der Waals surface area contributed by atoms with Crippen LogP contribution in [0.5, 0.6) is 5.75 Å². The van der Waals surface area contributed by atoms with Crippen molar-refractivity contribution in [2.24, 2.45) is 0 Å². The Labute approximate surface area is 294 Å². The van der Waals surface area contributed by atoms with Crippen molar-refractivity contribution in [3.05, 3.63) is 56.9 Å². The first-order valence-electron chi connectivity index (χ1n) is 17.8. The van der Waals surface area contributed by atoms with Crippen LogP contribution in [0.15, 0.2) is 29.1 Å². The van der Waals surface area contributed by atoms with Gasteiger partial charge in [0.25, 0.3) is 5.56 Å². The van der Waals surface area contributed by atoms with Crippen molar-refractivity contribution in [2.45, 2.75) is 83.6 Å². The fourth-order valence-corrected chi connectivity index (χ4v) is 8.07. The van der Waals surface area contributed by atoms with Gasteiger partial charge in [0.1, 0.15) is 25.6 Å². The standard InChI is InChI=1S/C37H42N4O10/c1-3-24-25-16-23(50-36(47)40-14-10-22(11-15-40)39-12-6-5-7-13-39)8-9-29(25)38-33-26(24)18-41-30(33)17-28-27(34(41)45)19-49-35(46)37(28,4-2)51-32(44)21-48-20-31(42)43/h8-9,16-17,22H,3-7,10-15,18-21H2,1-2H3,(H,42,43)/t37-/m0/s1. The highest BCUT2D eigenvalue weighted by Crippen LogP contribution is 2.42. The van der Waals surface area contributed by atoms with E-state index >= 15 is 0 Å². The van der Waals surface area contributed by atoms with Crippen molar-refractivity contribution >= 4 is 34.9 Å². The van der Waals surface area contributed by atoms with E-state index in [0.29, 0.717) is 48.2 Å². The lowest BCUT2D eigenvalue weighted by atomic mass is 9.85. The first-order chi connectivity index (χ1) is 24.6. The van der Waals surface area contributed by atoms with Gasteiger partial charge in [-0.15, -0.1) is 0 Å². The molecule has 14 nitrogen and oxygen atoms in total. The zero-order valence-corrected chi connectivity index (χ0v) is 28.9. The summed E-state index contributed by atoms with van der Waals surface area (Å²) in [5.41, 5.74) is 1.54. The summed E-state index contributed by atoms with van der Waals surface area (Å²) in [6.45, 7) is 5.76. The summed E-state index contributed by atoms with van der Waals surface area (Å²) in [6.07, 6.45) is 5.87. The molecular weight excluding hydrogens is 660 g/mol. The summed E-state index contributed by atoms with van der Waals surface area (Å²) >= 11 is 0. The molecule has 270 valence electrons. The second-order valence-electron chi connectivity index (χ2n) is 13.6. The highest BCUT2D eigenvalue weighted by molar-refractivity contribution is 5.91. The predicted octanol–water partition coefficient (Wildman–Crippen LogP) is 3.74. The minimum atomic E-state index is -1.93. The molecule has 7 rings (SSSR count). The van der Waals surface area contributed by atoms with Gasteiger partial charge in [-0.1, -0.05) is 20.3 Å². The monoisotopic (exact) mass is 702 g/mol. The highest BCUT2D eigenvalue weighted by atomic mass is 16.6. The Morgan fingerprint density at radius 3 is 2.47 bits per heavy atom. The van der Waals surface area contributed by atoms with E-state index in [4.69, 9.17) is 29.0 Å². The van der Waals surface area contributed by atoms with Crippen LogP contribution in [0.1, 0.15) is 74.6 Å². The summed E-state index contributed by atoms with van der Waals surface area (Å²) in [4.78, 5) is 73.3. The van der Waals surface area contributed by atoms with E-state index in [1.165, 1.54) is 19.3 Å². The number of pyridine rings is 2. The number of benzene rings is 1. The van der Waals surface area contributed by atoms with E-state index in [-0.39, 0.29) is 36.8 Å². The number of aromatic nitrogens is 2. The Morgan fingerprint density at radius 1 is 1.00 bits per heavy atom. The van der Waals surface area contributed by atoms with Crippen LogP contribution in [-0.2, 0) is 53.8 Å². The molecule has 2 fully saturated rings. The summed E-state index contributed by atoms with van der Waals surface area (Å²) in [7, 11) is 0. The maximum absolute atomic E-state index is 14.0. The molecule has 1 atom stereocenters. The van der Waals surface area contributed by atoms with Gasteiger partial charge in [0.15, 0.2) is 0 Å². The minimum Gasteiger partial charge on any atom is -0.480 e. The van der Waals surface area contributed by atoms with Crippen LogP contribution in [-0.4, -0.2) is 93.9 Å². The molecule has 0 bridgehead atoms. The maximum Gasteiger partial charge on any atom is 0.415 e. The Morgan fingerprint density at radius 2 is 1.76 bits per heavy atom. The van der Waals surface area contributed by atoms with Gasteiger partial charge in [-0.05, 0) is 81.4 Å². The van der Waals surface area contributed by atoms with Crippen molar-refractivity contribution in [3.63, 3.8) is 0 Å². The number of likely N-dealkylation sites (tertiary alicyclic amines) is 2. The van der Waals surface area contributed by atoms with Crippen molar-refractivity contribution in [2.75, 3.05) is 39.4 Å². The summed E-state index contributed by atoms with van der Waals surface area (Å²) in [5.74, 6) is -2.65. The number of amides is 1. The molecular formula is C37H42N4O10. The van der Waals surface area contributed by atoms with Gasteiger partial charge >= 0.3 is 24.0 Å². The van der Waals surface area contributed by atoms with E-state index in [2.05, 4.69) is 4.90 Å². The first kappa shape index (κ1) is 34.6. The van der Waals surface area contributed by atoms with E-state index in [0.717, 1.165) is 42.4 Å². The number of carbonyl (C=O) groups is 4. The van der Waals surface area contributed by atoms with Crippen molar-refractivity contribution in [1.82, 2.24) is 19.4 Å². The summed E-state index contributed by atoms with van der Waals surface area (Å²) in [6, 6.07) is 7.53. The smallest absolute Gasteiger partial charge is 0.415 e. The quantitative estimate of drug-likeness (QED) is 0.252. The number of aliphatic carboxylic acids is 1. The number of nitrogens with zero attached hydrogens (tertiary/aromatic N) is 4. The fourth-order valence-electron chi connectivity index (χ4n) is 8.07. The van der Waals surface area contributed by atoms with Gasteiger partial charge in [-0.3, -0.25) is 4.79 Å². The topological polar surface area (TPSA) is 167 Å². The Kier molecular flexibility index (Phi) is 9.55. The number of aryl methyl sites for hydroxylation is 1. The molecule has 51 heavy (non-hydrogen) atoms. The number of esters is 2. The molecule has 4 aliphatic heterocycles. The van der Waals surface area contributed by atoms with Crippen LogP contribution in [0.4, 0.5) is 4.79 Å². The number of hydrogen-bond acceptors (Lipinski definition) is 11. The van der Waals surface area contributed by atoms with Crippen LogP contribution >= 0.6 is 0 Å². The maximum atomic E-state index is 14.0. The molecule has 1 N–H and O–H groups in total. The average Bonchev–Trinajstić information content (AvgIpc) is 3.50. The third kappa shape index (κ3) is 6.35. The van der Waals surface area contributed by atoms with Crippen LogP contribution in [0.3, 0.4) is 0 Å². The second kappa shape index (κ2) is 14.1. The van der Waals surface area contributed by atoms with Crippen LogP contribution in [0, 0.1) is 0 Å². The molecule has 2 saturated heterocycles. The normalized spacial score (nSPS) is 20.4. The Bertz CT molecular complexity index is 1960. The van der Waals surface area contributed by atoms with Gasteiger partial charge in [0.05, 0.1) is 29.0 Å². The SMILES string of the molecule is CCc1c2c(nc3ccc(OC(=O)N4CCC(N5CCCCC5)CC4)cc13)-c1cc3c(c(=O)n1C2)COC(=O)[C@@]3(CC)OC(=O)COCC(=O)O. The van der Waals surface area contributed by atoms with Gasteiger partial charge in [0, 0.05) is 35.6 Å². The molecule has 0 unspecified atom stereocenters. The third-order valence-electron chi connectivity index (χ3n) is 10.7. The van der Waals surface area contributed by atoms with Crippen LogP contribution in [0.2, 0.25) is 0 Å². The molecule has 0 saturated carbocycles.